The molecular formula is C2H2ClNS2. The van der Waals surface area contributed by atoms with Crippen LogP contribution in [-0.4, -0.2) is 0 Å². The fourth-order valence-corrected chi connectivity index (χ4v) is 2.12. The van der Waals surface area contributed by atoms with Crippen molar-refractivity contribution in [1.29, 1.82) is 0 Å². The lowest BCUT2D eigenvalue weighted by Gasteiger charge is -1.69. The Bertz CT molecular complexity index is 105. The molecule has 0 amide bonds. The van der Waals surface area contributed by atoms with Crippen LogP contribution in [0.4, 0.5) is 0 Å². The lowest BCUT2D eigenvalue weighted by molar-refractivity contribution is 2.12. The van der Waals surface area contributed by atoms with Gasteiger partial charge in [-0.2, -0.15) is 3.77 Å². The minimum absolute atomic E-state index is 0.293. The molecule has 1 unspecified atom stereocenters. The van der Waals surface area contributed by atoms with Crippen LogP contribution in [0.25, 0.3) is 0 Å². The van der Waals surface area contributed by atoms with Gasteiger partial charge in [0.15, 0.2) is 0 Å². The molecule has 0 spiro atoms. The Morgan fingerprint density at radius 1 is 1.83 bits per heavy atom. The summed E-state index contributed by atoms with van der Waals surface area (Å²) in [6, 6.07) is 0. The van der Waals surface area contributed by atoms with Gasteiger partial charge in [-0.15, -0.1) is 0 Å². The SMILES string of the molecule is ClS1=NSC=C1. The molecule has 1 atom stereocenters. The molecule has 6 heavy (non-hydrogen) atoms. The van der Waals surface area contributed by atoms with Crippen LogP contribution in [0, 0.1) is 0 Å². The minimum Gasteiger partial charge on any atom is -0.171 e. The van der Waals surface area contributed by atoms with Crippen molar-refractivity contribution in [2.75, 3.05) is 0 Å². The van der Waals surface area contributed by atoms with E-state index >= 15 is 0 Å². The first-order chi connectivity index (χ1) is 2.89. The summed E-state index contributed by atoms with van der Waals surface area (Å²) in [4.78, 5) is 0. The predicted molar refractivity (Wildman–Crippen MR) is 32.4 cm³/mol. The summed E-state index contributed by atoms with van der Waals surface area (Å²) < 4.78 is 3.83. The van der Waals surface area contributed by atoms with Gasteiger partial charge in [0.05, 0.1) is 0 Å². The molecule has 34 valence electrons. The zero-order valence-electron chi connectivity index (χ0n) is 2.80. The van der Waals surface area contributed by atoms with Crippen LogP contribution in [0.1, 0.15) is 0 Å². The molecule has 0 aromatic rings. The van der Waals surface area contributed by atoms with Gasteiger partial charge in [0.2, 0.25) is 0 Å². The van der Waals surface area contributed by atoms with Crippen LogP contribution in [0.5, 0.6) is 0 Å². The van der Waals surface area contributed by atoms with E-state index in [9.17, 15) is 0 Å². The zero-order valence-corrected chi connectivity index (χ0v) is 5.19. The third-order valence-electron chi connectivity index (χ3n) is 0.343. The average molecular weight is 140 g/mol. The molecule has 1 aliphatic rings. The molecule has 0 radical (unpaired) electrons. The molecule has 4 heteroatoms. The van der Waals surface area contributed by atoms with Crippen molar-refractivity contribution < 1.29 is 0 Å². The Labute approximate surface area is 47.5 Å². The summed E-state index contributed by atoms with van der Waals surface area (Å²) in [6.45, 7) is 0. The number of hydrogen-bond donors (Lipinski definition) is 0. The molecule has 0 saturated carbocycles. The van der Waals surface area contributed by atoms with Crippen LogP contribution in [0.2, 0.25) is 0 Å². The summed E-state index contributed by atoms with van der Waals surface area (Å²) in [6.07, 6.45) is 0. The first-order valence-electron chi connectivity index (χ1n) is 1.32. The highest BCUT2D eigenvalue weighted by molar-refractivity contribution is 8.21. The van der Waals surface area contributed by atoms with Gasteiger partial charge in [-0.3, -0.25) is 0 Å². The molecular weight excluding hydrogens is 138 g/mol. The Morgan fingerprint density at radius 3 is 2.83 bits per heavy atom. The Hall–Kier alpha value is 0.530. The van der Waals surface area contributed by atoms with E-state index in [-0.39, 0.29) is 9.90 Å². The Morgan fingerprint density at radius 2 is 2.67 bits per heavy atom. The normalized spacial score (nSPS) is 30.5. The number of rotatable bonds is 0. The van der Waals surface area contributed by atoms with Crippen molar-refractivity contribution in [2.24, 2.45) is 3.77 Å². The highest BCUT2D eigenvalue weighted by Gasteiger charge is 1.88. The van der Waals surface area contributed by atoms with E-state index in [0.29, 0.717) is 0 Å². The quantitative estimate of drug-likeness (QED) is 0.468. The Balaban J connectivity index is 2.68. The summed E-state index contributed by atoms with van der Waals surface area (Å²) in [5, 5.41) is 3.75. The maximum atomic E-state index is 5.47. The molecule has 0 fully saturated rings. The van der Waals surface area contributed by atoms with Gasteiger partial charge in [-0.1, -0.05) is 0 Å². The summed E-state index contributed by atoms with van der Waals surface area (Å²) in [7, 11) is 5.17. The first kappa shape index (κ1) is 4.68. The van der Waals surface area contributed by atoms with Crippen molar-refractivity contribution in [3.05, 3.63) is 10.8 Å². The highest BCUT2D eigenvalue weighted by Crippen LogP contribution is 2.17. The van der Waals surface area contributed by atoms with E-state index in [1.165, 1.54) is 11.9 Å². The molecule has 0 aromatic heterocycles. The summed E-state index contributed by atoms with van der Waals surface area (Å²) >= 11 is 1.41. The van der Waals surface area contributed by atoms with Crippen molar-refractivity contribution in [3.63, 3.8) is 0 Å². The van der Waals surface area contributed by atoms with Crippen LogP contribution >= 0.6 is 22.6 Å². The number of hydrogen-bond acceptors (Lipinski definition) is 2. The van der Waals surface area contributed by atoms with E-state index in [2.05, 4.69) is 3.77 Å². The van der Waals surface area contributed by atoms with Crippen molar-refractivity contribution in [3.8, 4) is 0 Å². The molecule has 1 nitrogen and oxygen atoms in total. The molecule has 0 bridgehead atoms. The minimum atomic E-state index is -0.293. The second-order valence-corrected chi connectivity index (χ2v) is 3.54. The fourth-order valence-electron chi connectivity index (χ4n) is 0.161. The number of halogens is 1. The highest BCUT2D eigenvalue weighted by atomic mass is 35.7. The van der Waals surface area contributed by atoms with Gasteiger partial charge in [0.25, 0.3) is 0 Å². The van der Waals surface area contributed by atoms with E-state index in [4.69, 9.17) is 10.7 Å². The third-order valence-corrected chi connectivity index (χ3v) is 2.86. The van der Waals surface area contributed by atoms with Gasteiger partial charge in [0.1, 0.15) is 0 Å². The lowest BCUT2D eigenvalue weighted by atomic mass is 11.3. The lowest BCUT2D eigenvalue weighted by Crippen LogP contribution is -1.50. The van der Waals surface area contributed by atoms with Crippen molar-refractivity contribution in [1.82, 2.24) is 0 Å². The molecule has 1 rings (SSSR count). The molecule has 1 heterocycles. The van der Waals surface area contributed by atoms with Crippen LogP contribution in [0.15, 0.2) is 14.6 Å². The largest absolute Gasteiger partial charge is 0.171 e. The van der Waals surface area contributed by atoms with Crippen molar-refractivity contribution >= 4 is 32.5 Å². The average Bonchev–Trinajstić information content (AvgIpc) is 1.86. The van der Waals surface area contributed by atoms with Gasteiger partial charge in [0, 0.05) is 32.7 Å². The van der Waals surface area contributed by atoms with E-state index in [1.54, 1.807) is 0 Å². The van der Waals surface area contributed by atoms with Gasteiger partial charge in [-0.25, -0.2) is 0 Å². The van der Waals surface area contributed by atoms with Gasteiger partial charge in [-0.05, 0) is 10.7 Å². The van der Waals surface area contributed by atoms with Crippen LogP contribution < -0.4 is 0 Å². The van der Waals surface area contributed by atoms with E-state index in [1.807, 2.05) is 10.8 Å². The molecule has 0 N–H and O–H groups in total. The summed E-state index contributed by atoms with van der Waals surface area (Å²) in [5.74, 6) is 0. The standard InChI is InChI=1S/C2H2ClNS2/c3-6-2-1-5-4-6/h1-2H. The second-order valence-electron chi connectivity index (χ2n) is 0.716. The van der Waals surface area contributed by atoms with Crippen LogP contribution in [0.3, 0.4) is 0 Å². The maximum Gasteiger partial charge on any atom is 0.0302 e. The second kappa shape index (κ2) is 2.00. The van der Waals surface area contributed by atoms with Crippen molar-refractivity contribution in [2.45, 2.75) is 0 Å². The van der Waals surface area contributed by atoms with Gasteiger partial charge < -0.3 is 0 Å². The zero-order chi connectivity index (χ0) is 4.41. The monoisotopic (exact) mass is 139 g/mol. The smallest absolute Gasteiger partial charge is 0.0302 e. The van der Waals surface area contributed by atoms with E-state index in [0.717, 1.165) is 0 Å². The fraction of sp³-hybridized carbons (Fsp3) is 0. The van der Waals surface area contributed by atoms with Gasteiger partial charge >= 0.3 is 0 Å². The molecule has 1 aliphatic heterocycles. The Kier molecular flexibility index (Phi) is 1.56. The maximum absolute atomic E-state index is 5.47. The predicted octanol–water partition coefficient (Wildman–Crippen LogP) is 2.08. The first-order valence-corrected chi connectivity index (χ1v) is 4.23. The summed E-state index contributed by atoms with van der Waals surface area (Å²) in [5.41, 5.74) is 0. The number of nitrogens with zero attached hydrogens (tertiary/aromatic N) is 1. The topological polar surface area (TPSA) is 12.4 Å². The molecule has 0 aromatic carbocycles. The van der Waals surface area contributed by atoms with E-state index < -0.39 is 0 Å². The third kappa shape index (κ3) is 0.996. The molecule has 0 saturated heterocycles. The van der Waals surface area contributed by atoms with Crippen LogP contribution in [-0.2, 0) is 9.90 Å². The molecule has 0 aliphatic carbocycles.